The Morgan fingerprint density at radius 3 is 2.40 bits per heavy atom. The first-order valence-electron chi connectivity index (χ1n) is 8.29. The number of rotatable bonds is 6. The van der Waals surface area contributed by atoms with Crippen molar-refractivity contribution < 1.29 is 5.11 Å². The van der Waals surface area contributed by atoms with Gasteiger partial charge in [0.2, 0.25) is 5.95 Å². The van der Waals surface area contributed by atoms with Gasteiger partial charge in [0, 0.05) is 23.4 Å². The van der Waals surface area contributed by atoms with Gasteiger partial charge in [0.1, 0.15) is 5.82 Å². The molecule has 3 N–H and O–H groups in total. The van der Waals surface area contributed by atoms with Crippen molar-refractivity contribution >= 4 is 17.5 Å². The van der Waals surface area contributed by atoms with E-state index in [1.165, 1.54) is 5.56 Å². The van der Waals surface area contributed by atoms with Gasteiger partial charge in [-0.3, -0.25) is 0 Å². The molecule has 25 heavy (non-hydrogen) atoms. The molecular formula is C20H22N4O. The van der Waals surface area contributed by atoms with Crippen molar-refractivity contribution in [2.45, 2.75) is 19.9 Å². The number of benzene rings is 2. The van der Waals surface area contributed by atoms with Crippen LogP contribution in [-0.2, 0) is 0 Å². The molecule has 0 fully saturated rings. The summed E-state index contributed by atoms with van der Waals surface area (Å²) in [5.74, 6) is 1.18. The minimum atomic E-state index is -0.127. The Hall–Kier alpha value is -2.92. The highest BCUT2D eigenvalue weighted by Gasteiger charge is 2.09. The zero-order valence-corrected chi connectivity index (χ0v) is 14.4. The summed E-state index contributed by atoms with van der Waals surface area (Å²) >= 11 is 0. The summed E-state index contributed by atoms with van der Waals surface area (Å²) in [6, 6.07) is 19.9. The molecule has 0 amide bonds. The first-order valence-corrected chi connectivity index (χ1v) is 8.29. The number of nitrogens with zero attached hydrogens (tertiary/aromatic N) is 2. The van der Waals surface area contributed by atoms with E-state index in [9.17, 15) is 5.11 Å². The average molecular weight is 334 g/mol. The fraction of sp³-hybridized carbons (Fsp3) is 0.200. The molecule has 0 spiro atoms. The third kappa shape index (κ3) is 4.55. The molecule has 0 aliphatic carbocycles. The van der Waals surface area contributed by atoms with E-state index < -0.39 is 0 Å². The van der Waals surface area contributed by atoms with Crippen molar-refractivity contribution in [3.05, 3.63) is 66.2 Å². The van der Waals surface area contributed by atoms with Crippen LogP contribution in [0.15, 0.2) is 60.7 Å². The van der Waals surface area contributed by atoms with Gasteiger partial charge in [0.15, 0.2) is 0 Å². The Bertz CT molecular complexity index is 819. The van der Waals surface area contributed by atoms with Crippen LogP contribution in [0.3, 0.4) is 0 Å². The number of aliphatic hydroxyl groups is 1. The summed E-state index contributed by atoms with van der Waals surface area (Å²) in [4.78, 5) is 9.09. The number of nitrogens with one attached hydrogen (secondary N) is 2. The summed E-state index contributed by atoms with van der Waals surface area (Å²) in [6.07, 6.45) is 0. The predicted molar refractivity (Wildman–Crippen MR) is 102 cm³/mol. The molecule has 5 heteroatoms. The second-order valence-corrected chi connectivity index (χ2v) is 6.05. The maximum Gasteiger partial charge on any atom is 0.225 e. The Morgan fingerprint density at radius 1 is 1.00 bits per heavy atom. The largest absolute Gasteiger partial charge is 0.394 e. The normalized spacial score (nSPS) is 11.8. The zero-order valence-electron chi connectivity index (χ0n) is 14.4. The van der Waals surface area contributed by atoms with E-state index in [0.29, 0.717) is 11.8 Å². The van der Waals surface area contributed by atoms with Crippen LogP contribution in [-0.4, -0.2) is 27.7 Å². The lowest BCUT2D eigenvalue weighted by molar-refractivity contribution is 0.281. The first kappa shape index (κ1) is 16.9. The maximum atomic E-state index is 9.28. The number of hydrogen-bond acceptors (Lipinski definition) is 5. The third-order valence-electron chi connectivity index (χ3n) is 3.77. The van der Waals surface area contributed by atoms with Crippen LogP contribution in [0.4, 0.5) is 17.5 Å². The van der Waals surface area contributed by atoms with Crippen LogP contribution < -0.4 is 10.6 Å². The smallest absolute Gasteiger partial charge is 0.225 e. The van der Waals surface area contributed by atoms with Crippen LogP contribution in [0, 0.1) is 6.92 Å². The lowest BCUT2D eigenvalue weighted by Crippen LogP contribution is -2.21. The van der Waals surface area contributed by atoms with Crippen LogP contribution in [0.5, 0.6) is 0 Å². The van der Waals surface area contributed by atoms with E-state index >= 15 is 0 Å². The molecule has 2 aromatic carbocycles. The van der Waals surface area contributed by atoms with Crippen LogP contribution in [0.25, 0.3) is 11.3 Å². The molecule has 128 valence electrons. The van der Waals surface area contributed by atoms with Gasteiger partial charge in [-0.05, 0) is 26.0 Å². The van der Waals surface area contributed by atoms with E-state index in [1.807, 2.05) is 55.5 Å². The number of anilines is 3. The number of aliphatic hydroxyl groups excluding tert-OH is 1. The van der Waals surface area contributed by atoms with Gasteiger partial charge in [-0.25, -0.2) is 4.98 Å². The maximum absolute atomic E-state index is 9.28. The number of hydrogen-bond donors (Lipinski definition) is 3. The zero-order chi connectivity index (χ0) is 17.6. The van der Waals surface area contributed by atoms with Crippen molar-refractivity contribution in [1.29, 1.82) is 0 Å². The summed E-state index contributed by atoms with van der Waals surface area (Å²) < 4.78 is 0. The average Bonchev–Trinajstić information content (AvgIpc) is 2.64. The van der Waals surface area contributed by atoms with Crippen molar-refractivity contribution in [3.8, 4) is 11.3 Å². The van der Waals surface area contributed by atoms with Crippen molar-refractivity contribution in [2.24, 2.45) is 0 Å². The van der Waals surface area contributed by atoms with E-state index in [2.05, 4.69) is 39.7 Å². The Kier molecular flexibility index (Phi) is 5.26. The van der Waals surface area contributed by atoms with Gasteiger partial charge in [0.25, 0.3) is 0 Å². The topological polar surface area (TPSA) is 70.1 Å². The number of aryl methyl sites for hydroxylation is 1. The summed E-state index contributed by atoms with van der Waals surface area (Å²) in [5, 5.41) is 15.7. The molecule has 0 aliphatic heterocycles. The Balaban J connectivity index is 1.95. The van der Waals surface area contributed by atoms with E-state index in [0.717, 1.165) is 16.9 Å². The Labute approximate surface area is 147 Å². The number of aromatic nitrogens is 2. The molecule has 0 bridgehead atoms. The molecule has 0 radical (unpaired) electrons. The molecule has 1 heterocycles. The molecule has 0 unspecified atom stereocenters. The predicted octanol–water partition coefficient (Wildman–Crippen LogP) is 3.99. The van der Waals surface area contributed by atoms with Crippen molar-refractivity contribution in [3.63, 3.8) is 0 Å². The van der Waals surface area contributed by atoms with Crippen LogP contribution >= 0.6 is 0 Å². The van der Waals surface area contributed by atoms with Crippen LogP contribution in [0.1, 0.15) is 12.5 Å². The Morgan fingerprint density at radius 2 is 1.72 bits per heavy atom. The summed E-state index contributed by atoms with van der Waals surface area (Å²) in [6.45, 7) is 3.95. The standard InChI is InChI=1S/C20H22N4O/c1-14-8-10-17(11-9-14)22-19-12-18(16-6-4-3-5-7-16)23-20(24-19)21-15(2)13-25/h3-12,15,25H,13H2,1-2H3,(H2,21,22,23,24)/t15-/m1/s1. The molecule has 3 aromatic rings. The van der Waals surface area contributed by atoms with Gasteiger partial charge in [-0.15, -0.1) is 0 Å². The van der Waals surface area contributed by atoms with Crippen molar-refractivity contribution in [1.82, 2.24) is 9.97 Å². The minimum absolute atomic E-state index is 0.0135. The van der Waals surface area contributed by atoms with E-state index in [-0.39, 0.29) is 12.6 Å². The molecule has 1 aromatic heterocycles. The fourth-order valence-electron chi connectivity index (χ4n) is 2.38. The minimum Gasteiger partial charge on any atom is -0.394 e. The summed E-state index contributed by atoms with van der Waals surface area (Å²) in [7, 11) is 0. The third-order valence-corrected chi connectivity index (χ3v) is 3.77. The monoisotopic (exact) mass is 334 g/mol. The molecule has 5 nitrogen and oxygen atoms in total. The van der Waals surface area contributed by atoms with E-state index in [4.69, 9.17) is 0 Å². The highest BCUT2D eigenvalue weighted by molar-refractivity contribution is 5.67. The molecule has 1 atom stereocenters. The van der Waals surface area contributed by atoms with Gasteiger partial charge in [0.05, 0.1) is 12.3 Å². The van der Waals surface area contributed by atoms with Crippen molar-refractivity contribution in [2.75, 3.05) is 17.2 Å². The second-order valence-electron chi connectivity index (χ2n) is 6.05. The lowest BCUT2D eigenvalue weighted by Gasteiger charge is -2.14. The van der Waals surface area contributed by atoms with E-state index in [1.54, 1.807) is 0 Å². The van der Waals surface area contributed by atoms with Gasteiger partial charge in [-0.2, -0.15) is 4.98 Å². The molecular weight excluding hydrogens is 312 g/mol. The SMILES string of the molecule is Cc1ccc(Nc2cc(-c3ccccc3)nc(N[C@H](C)CO)n2)cc1. The molecule has 0 aliphatic rings. The summed E-state index contributed by atoms with van der Waals surface area (Å²) in [5.41, 5.74) is 4.00. The second kappa shape index (κ2) is 7.77. The molecule has 0 saturated carbocycles. The van der Waals surface area contributed by atoms with Crippen LogP contribution in [0.2, 0.25) is 0 Å². The first-order chi connectivity index (χ1) is 12.1. The fourth-order valence-corrected chi connectivity index (χ4v) is 2.38. The highest BCUT2D eigenvalue weighted by atomic mass is 16.3. The van der Waals surface area contributed by atoms with Gasteiger partial charge < -0.3 is 15.7 Å². The van der Waals surface area contributed by atoms with Gasteiger partial charge in [-0.1, -0.05) is 48.0 Å². The molecule has 0 saturated heterocycles. The highest BCUT2D eigenvalue weighted by Crippen LogP contribution is 2.24. The lowest BCUT2D eigenvalue weighted by atomic mass is 10.1. The quantitative estimate of drug-likeness (QED) is 0.636. The molecule has 3 rings (SSSR count). The van der Waals surface area contributed by atoms with Gasteiger partial charge >= 0.3 is 0 Å².